The zero-order valence-electron chi connectivity index (χ0n) is 15.6. The molecule has 1 aromatic carbocycles. The molecule has 0 saturated carbocycles. The summed E-state index contributed by atoms with van der Waals surface area (Å²) in [5, 5.41) is 8.10. The number of pyridine rings is 1. The van der Waals surface area contributed by atoms with Crippen LogP contribution in [0.5, 0.6) is 5.75 Å². The molecular weight excluding hydrogens is 328 g/mol. The molecule has 0 unspecified atom stereocenters. The Hall–Kier alpha value is -2.89. The molecule has 6 nitrogen and oxygen atoms in total. The molecule has 6 heteroatoms. The minimum Gasteiger partial charge on any atom is -0.492 e. The van der Waals surface area contributed by atoms with Crippen LogP contribution in [0.4, 0.5) is 0 Å². The van der Waals surface area contributed by atoms with Gasteiger partial charge in [-0.15, -0.1) is 0 Å². The summed E-state index contributed by atoms with van der Waals surface area (Å²) in [5.41, 5.74) is 3.24. The molecule has 0 bridgehead atoms. The average molecular weight is 352 g/mol. The fraction of sp³-hybridized carbons (Fsp3) is 0.350. The molecule has 0 saturated heterocycles. The van der Waals surface area contributed by atoms with Gasteiger partial charge in [0.2, 0.25) is 0 Å². The Kier molecular flexibility index (Phi) is 5.21. The van der Waals surface area contributed by atoms with Gasteiger partial charge in [-0.25, -0.2) is 9.67 Å². The molecule has 0 fully saturated rings. The number of fused-ring (bicyclic) bond motifs is 1. The number of aromatic nitrogens is 3. The van der Waals surface area contributed by atoms with Gasteiger partial charge in [0.05, 0.1) is 24.0 Å². The van der Waals surface area contributed by atoms with Crippen molar-refractivity contribution in [2.24, 2.45) is 0 Å². The number of hydrogen-bond acceptors (Lipinski definition) is 4. The summed E-state index contributed by atoms with van der Waals surface area (Å²) in [7, 11) is 0. The number of aryl methyl sites for hydroxylation is 2. The first-order valence-electron chi connectivity index (χ1n) is 8.78. The Morgan fingerprint density at radius 2 is 1.96 bits per heavy atom. The number of ether oxygens (including phenoxy) is 1. The van der Waals surface area contributed by atoms with Gasteiger partial charge in [-0.3, -0.25) is 4.79 Å². The molecule has 136 valence electrons. The van der Waals surface area contributed by atoms with Crippen LogP contribution in [0.25, 0.3) is 11.0 Å². The van der Waals surface area contributed by atoms with Crippen molar-refractivity contribution < 1.29 is 9.53 Å². The molecule has 0 atom stereocenters. The zero-order chi connectivity index (χ0) is 18.7. The molecule has 3 aromatic rings. The summed E-state index contributed by atoms with van der Waals surface area (Å²) in [6.45, 7) is 8.82. The Balaban J connectivity index is 1.62. The van der Waals surface area contributed by atoms with Gasteiger partial charge in [0, 0.05) is 11.4 Å². The van der Waals surface area contributed by atoms with Crippen molar-refractivity contribution in [1.29, 1.82) is 0 Å². The Bertz CT molecular complexity index is 913. The first kappa shape index (κ1) is 17.9. The van der Waals surface area contributed by atoms with Crippen LogP contribution in [0.1, 0.15) is 41.5 Å². The summed E-state index contributed by atoms with van der Waals surface area (Å²) in [6.07, 6.45) is 1.75. The third-order valence-electron chi connectivity index (χ3n) is 4.17. The van der Waals surface area contributed by atoms with E-state index in [9.17, 15) is 4.79 Å². The number of benzene rings is 1. The van der Waals surface area contributed by atoms with Crippen LogP contribution in [0.3, 0.4) is 0 Å². The van der Waals surface area contributed by atoms with Gasteiger partial charge < -0.3 is 10.1 Å². The topological polar surface area (TPSA) is 69.0 Å². The van der Waals surface area contributed by atoms with E-state index >= 15 is 0 Å². The highest BCUT2D eigenvalue weighted by Crippen LogP contribution is 2.19. The van der Waals surface area contributed by atoms with E-state index in [4.69, 9.17) is 4.74 Å². The van der Waals surface area contributed by atoms with E-state index in [0.717, 1.165) is 16.8 Å². The van der Waals surface area contributed by atoms with Gasteiger partial charge in [0.25, 0.3) is 5.91 Å². The summed E-state index contributed by atoms with van der Waals surface area (Å²) in [6, 6.07) is 9.90. The maximum Gasteiger partial charge on any atom is 0.253 e. The molecule has 0 radical (unpaired) electrons. The summed E-state index contributed by atoms with van der Waals surface area (Å²) in [4.78, 5) is 17.0. The van der Waals surface area contributed by atoms with Crippen molar-refractivity contribution >= 4 is 16.9 Å². The number of hydrogen-bond donors (Lipinski definition) is 1. The molecule has 3 rings (SSSR count). The molecule has 0 aliphatic rings. The van der Waals surface area contributed by atoms with E-state index in [1.807, 2.05) is 48.9 Å². The smallest absolute Gasteiger partial charge is 0.253 e. The first-order valence-corrected chi connectivity index (χ1v) is 8.78. The maximum absolute atomic E-state index is 12.5. The fourth-order valence-corrected chi connectivity index (χ4v) is 2.74. The van der Waals surface area contributed by atoms with Gasteiger partial charge in [-0.2, -0.15) is 5.10 Å². The second kappa shape index (κ2) is 7.56. The predicted molar refractivity (Wildman–Crippen MR) is 102 cm³/mol. The van der Waals surface area contributed by atoms with Crippen molar-refractivity contribution in [2.45, 2.75) is 33.7 Å². The van der Waals surface area contributed by atoms with Crippen molar-refractivity contribution in [3.63, 3.8) is 0 Å². The van der Waals surface area contributed by atoms with E-state index in [2.05, 4.69) is 29.2 Å². The Morgan fingerprint density at radius 1 is 1.23 bits per heavy atom. The van der Waals surface area contributed by atoms with E-state index in [-0.39, 0.29) is 11.9 Å². The molecule has 0 aliphatic carbocycles. The van der Waals surface area contributed by atoms with E-state index in [1.54, 1.807) is 6.20 Å². The molecule has 1 N–H and O–H groups in total. The lowest BCUT2D eigenvalue weighted by Crippen LogP contribution is -2.28. The molecule has 0 spiro atoms. The van der Waals surface area contributed by atoms with Gasteiger partial charge in [-0.1, -0.05) is 17.7 Å². The average Bonchev–Trinajstić information content (AvgIpc) is 3.02. The lowest BCUT2D eigenvalue weighted by molar-refractivity contribution is 0.0946. The number of rotatable bonds is 6. The minimum absolute atomic E-state index is 0.151. The van der Waals surface area contributed by atoms with Gasteiger partial charge in [0.15, 0.2) is 5.65 Å². The van der Waals surface area contributed by atoms with Crippen molar-refractivity contribution in [1.82, 2.24) is 20.1 Å². The maximum atomic E-state index is 12.5. The molecular formula is C20H24N4O2. The second-order valence-electron chi connectivity index (χ2n) is 6.63. The van der Waals surface area contributed by atoms with Gasteiger partial charge in [0.1, 0.15) is 12.4 Å². The first-order chi connectivity index (χ1) is 12.5. The highest BCUT2D eigenvalue weighted by Gasteiger charge is 2.15. The lowest BCUT2D eigenvalue weighted by Gasteiger charge is -2.10. The molecule has 26 heavy (non-hydrogen) atoms. The van der Waals surface area contributed by atoms with Crippen LogP contribution in [0.15, 0.2) is 36.5 Å². The third-order valence-corrected chi connectivity index (χ3v) is 4.17. The van der Waals surface area contributed by atoms with Crippen LogP contribution in [0, 0.1) is 13.8 Å². The van der Waals surface area contributed by atoms with Crippen molar-refractivity contribution in [2.75, 3.05) is 13.2 Å². The summed E-state index contributed by atoms with van der Waals surface area (Å²) < 4.78 is 7.49. The number of carbonyl (C=O) groups is 1. The molecule has 2 heterocycles. The van der Waals surface area contributed by atoms with Crippen LogP contribution in [-0.4, -0.2) is 33.8 Å². The van der Waals surface area contributed by atoms with E-state index in [1.165, 1.54) is 5.56 Å². The monoisotopic (exact) mass is 352 g/mol. The second-order valence-corrected chi connectivity index (χ2v) is 6.63. The third kappa shape index (κ3) is 3.85. The number of nitrogens with zero attached hydrogens (tertiary/aromatic N) is 3. The van der Waals surface area contributed by atoms with Gasteiger partial charge in [-0.05, 0) is 45.9 Å². The molecule has 1 amide bonds. The fourth-order valence-electron chi connectivity index (χ4n) is 2.74. The summed E-state index contributed by atoms with van der Waals surface area (Å²) >= 11 is 0. The summed E-state index contributed by atoms with van der Waals surface area (Å²) in [5.74, 6) is 0.645. The highest BCUT2D eigenvalue weighted by molar-refractivity contribution is 5.98. The largest absolute Gasteiger partial charge is 0.492 e. The Labute approximate surface area is 153 Å². The molecule has 2 aromatic heterocycles. The SMILES string of the molecule is Cc1ccc(OCCNC(=O)c2cc3cnn(C(C)C)c3nc2C)cc1. The minimum atomic E-state index is -0.151. The van der Waals surface area contributed by atoms with Crippen LogP contribution in [0.2, 0.25) is 0 Å². The quantitative estimate of drug-likeness (QED) is 0.690. The normalized spacial score (nSPS) is 11.1. The zero-order valence-corrected chi connectivity index (χ0v) is 15.6. The van der Waals surface area contributed by atoms with Crippen molar-refractivity contribution in [3.05, 3.63) is 53.3 Å². The van der Waals surface area contributed by atoms with Crippen LogP contribution >= 0.6 is 0 Å². The van der Waals surface area contributed by atoms with Crippen LogP contribution < -0.4 is 10.1 Å². The number of nitrogens with one attached hydrogen (secondary N) is 1. The predicted octanol–water partition coefficient (Wildman–Crippen LogP) is 3.44. The lowest BCUT2D eigenvalue weighted by atomic mass is 10.1. The van der Waals surface area contributed by atoms with Gasteiger partial charge >= 0.3 is 0 Å². The highest BCUT2D eigenvalue weighted by atomic mass is 16.5. The van der Waals surface area contributed by atoms with E-state index < -0.39 is 0 Å². The molecule has 0 aliphatic heterocycles. The Morgan fingerprint density at radius 3 is 2.65 bits per heavy atom. The van der Waals surface area contributed by atoms with Crippen molar-refractivity contribution in [3.8, 4) is 5.75 Å². The van der Waals surface area contributed by atoms with Crippen LogP contribution in [-0.2, 0) is 0 Å². The number of amides is 1. The standard InChI is InChI=1S/C20H24N4O2/c1-13(2)24-19-16(12-22-24)11-18(15(4)23-19)20(25)21-9-10-26-17-7-5-14(3)6-8-17/h5-8,11-13H,9-10H2,1-4H3,(H,21,25). The number of carbonyl (C=O) groups excluding carboxylic acids is 1. The van der Waals surface area contributed by atoms with E-state index in [0.29, 0.717) is 24.4 Å².